The fourth-order valence-electron chi connectivity index (χ4n) is 2.16. The predicted molar refractivity (Wildman–Crippen MR) is 83.8 cm³/mol. The van der Waals surface area contributed by atoms with Crippen LogP contribution in [0.2, 0.25) is 0 Å². The molecule has 0 aliphatic carbocycles. The third-order valence-corrected chi connectivity index (χ3v) is 4.44. The number of aryl methyl sites for hydroxylation is 2. The Morgan fingerprint density at radius 3 is 2.42 bits per heavy atom. The van der Waals surface area contributed by atoms with Gasteiger partial charge in [0, 0.05) is 4.47 Å². The lowest BCUT2D eigenvalue weighted by atomic mass is 9.97. The van der Waals surface area contributed by atoms with Crippen molar-refractivity contribution in [2.75, 3.05) is 0 Å². The van der Waals surface area contributed by atoms with Gasteiger partial charge in [0.25, 0.3) is 0 Å². The maximum absolute atomic E-state index is 5.73. The lowest BCUT2D eigenvalue weighted by molar-refractivity contribution is 0.549. The Morgan fingerprint density at radius 1 is 1.11 bits per heavy atom. The molecule has 0 heterocycles. The summed E-state index contributed by atoms with van der Waals surface area (Å²) in [4.78, 5) is 0. The van der Waals surface area contributed by atoms with Crippen LogP contribution >= 0.6 is 15.9 Å². The molecule has 0 aliphatic heterocycles. The van der Waals surface area contributed by atoms with E-state index in [1.54, 1.807) is 0 Å². The van der Waals surface area contributed by atoms with Gasteiger partial charge in [0.05, 0.1) is 6.04 Å². The number of rotatable bonds is 4. The Labute approximate surface area is 123 Å². The summed E-state index contributed by atoms with van der Waals surface area (Å²) in [6.45, 7) is 4.19. The maximum Gasteiger partial charge on any atom is 0.0511 e. The van der Waals surface area contributed by atoms with E-state index in [0.29, 0.717) is 0 Å². The molecule has 0 radical (unpaired) electrons. The van der Waals surface area contributed by atoms with E-state index in [-0.39, 0.29) is 6.04 Å². The van der Waals surface area contributed by atoms with E-state index in [0.717, 1.165) is 10.9 Å². The molecule has 3 N–H and O–H groups in total. The van der Waals surface area contributed by atoms with Gasteiger partial charge in [-0.3, -0.25) is 11.3 Å². The second kappa shape index (κ2) is 6.33. The van der Waals surface area contributed by atoms with Gasteiger partial charge < -0.3 is 0 Å². The zero-order valence-electron chi connectivity index (χ0n) is 11.3. The highest BCUT2D eigenvalue weighted by molar-refractivity contribution is 9.10. The fourth-order valence-corrected chi connectivity index (χ4v) is 2.70. The minimum atomic E-state index is 0.108. The van der Waals surface area contributed by atoms with E-state index in [1.807, 2.05) is 0 Å². The monoisotopic (exact) mass is 318 g/mol. The number of halogens is 1. The zero-order chi connectivity index (χ0) is 13.8. The van der Waals surface area contributed by atoms with Gasteiger partial charge in [-0.2, -0.15) is 0 Å². The van der Waals surface area contributed by atoms with Crippen molar-refractivity contribution in [3.8, 4) is 0 Å². The molecule has 0 bridgehead atoms. The molecule has 3 heteroatoms. The fraction of sp³-hybridized carbons (Fsp3) is 0.250. The van der Waals surface area contributed by atoms with Crippen molar-refractivity contribution >= 4 is 15.9 Å². The van der Waals surface area contributed by atoms with Crippen molar-refractivity contribution in [2.45, 2.75) is 26.3 Å². The molecule has 1 atom stereocenters. The topological polar surface area (TPSA) is 38.0 Å². The van der Waals surface area contributed by atoms with Crippen molar-refractivity contribution in [3.63, 3.8) is 0 Å². The van der Waals surface area contributed by atoms with Crippen LogP contribution in [0.25, 0.3) is 0 Å². The Kier molecular flexibility index (Phi) is 4.75. The van der Waals surface area contributed by atoms with Crippen molar-refractivity contribution in [1.29, 1.82) is 0 Å². The van der Waals surface area contributed by atoms with Gasteiger partial charge in [0.15, 0.2) is 0 Å². The first-order valence-electron chi connectivity index (χ1n) is 6.38. The summed E-state index contributed by atoms with van der Waals surface area (Å²) in [6.07, 6.45) is 0.874. The molecule has 1 unspecified atom stereocenters. The average Bonchev–Trinajstić information content (AvgIpc) is 2.42. The van der Waals surface area contributed by atoms with Crippen molar-refractivity contribution in [3.05, 3.63) is 69.2 Å². The first-order chi connectivity index (χ1) is 9.11. The summed E-state index contributed by atoms with van der Waals surface area (Å²) in [5, 5.41) is 0. The highest BCUT2D eigenvalue weighted by atomic mass is 79.9. The lowest BCUT2D eigenvalue weighted by Crippen LogP contribution is -2.30. The minimum Gasteiger partial charge on any atom is -0.271 e. The molecule has 0 saturated heterocycles. The number of hydrogen-bond donors (Lipinski definition) is 2. The molecule has 19 heavy (non-hydrogen) atoms. The molecule has 100 valence electrons. The smallest absolute Gasteiger partial charge is 0.0511 e. The predicted octanol–water partition coefficient (Wildman–Crippen LogP) is 3.81. The molecule has 0 amide bonds. The minimum absolute atomic E-state index is 0.108. The summed E-state index contributed by atoms with van der Waals surface area (Å²) in [5.41, 5.74) is 7.90. The van der Waals surface area contributed by atoms with E-state index in [1.165, 1.54) is 22.3 Å². The van der Waals surface area contributed by atoms with E-state index < -0.39 is 0 Å². The molecular formula is C16H19BrN2. The van der Waals surface area contributed by atoms with Crippen LogP contribution in [-0.4, -0.2) is 0 Å². The largest absolute Gasteiger partial charge is 0.271 e. The van der Waals surface area contributed by atoms with Gasteiger partial charge in [-0.25, -0.2) is 0 Å². The highest BCUT2D eigenvalue weighted by Gasteiger charge is 2.14. The van der Waals surface area contributed by atoms with Gasteiger partial charge in [0.2, 0.25) is 0 Å². The molecular weight excluding hydrogens is 300 g/mol. The van der Waals surface area contributed by atoms with Crippen molar-refractivity contribution in [2.24, 2.45) is 5.84 Å². The van der Waals surface area contributed by atoms with Crippen LogP contribution in [0.1, 0.15) is 28.3 Å². The molecule has 0 spiro atoms. The first-order valence-corrected chi connectivity index (χ1v) is 7.18. The van der Waals surface area contributed by atoms with Crippen LogP contribution in [0.4, 0.5) is 0 Å². The van der Waals surface area contributed by atoms with Gasteiger partial charge in [0.1, 0.15) is 0 Å². The Balaban J connectivity index is 2.25. The van der Waals surface area contributed by atoms with Crippen LogP contribution in [0.15, 0.2) is 46.9 Å². The van der Waals surface area contributed by atoms with Crippen LogP contribution in [0.3, 0.4) is 0 Å². The Hall–Kier alpha value is -1.16. The lowest BCUT2D eigenvalue weighted by Gasteiger charge is -2.19. The second-order valence-electron chi connectivity index (χ2n) is 4.89. The average molecular weight is 319 g/mol. The summed E-state index contributed by atoms with van der Waals surface area (Å²) >= 11 is 3.65. The van der Waals surface area contributed by atoms with Crippen LogP contribution < -0.4 is 11.3 Å². The van der Waals surface area contributed by atoms with Crippen molar-refractivity contribution in [1.82, 2.24) is 5.43 Å². The molecule has 2 rings (SSSR count). The second-order valence-corrected chi connectivity index (χ2v) is 5.68. The Morgan fingerprint density at radius 2 is 1.79 bits per heavy atom. The van der Waals surface area contributed by atoms with Gasteiger partial charge in [-0.1, -0.05) is 64.0 Å². The van der Waals surface area contributed by atoms with Crippen molar-refractivity contribution < 1.29 is 0 Å². The standard InChI is InChI=1S/C16H19BrN2/c1-11-6-8-13(9-7-11)10-15(19-18)14-5-3-4-12(2)16(14)17/h3-9,15,19H,10,18H2,1-2H3. The number of nitrogens with one attached hydrogen (secondary N) is 1. The Bertz CT molecular complexity index is 549. The van der Waals surface area contributed by atoms with Gasteiger partial charge in [-0.15, -0.1) is 0 Å². The normalized spacial score (nSPS) is 12.4. The third kappa shape index (κ3) is 3.44. The molecule has 0 aliphatic rings. The number of benzene rings is 2. The summed E-state index contributed by atoms with van der Waals surface area (Å²) in [7, 11) is 0. The summed E-state index contributed by atoms with van der Waals surface area (Å²) in [5.74, 6) is 5.73. The molecule has 0 saturated carbocycles. The van der Waals surface area contributed by atoms with Crippen LogP contribution in [-0.2, 0) is 6.42 Å². The third-order valence-electron chi connectivity index (χ3n) is 3.36. The quantitative estimate of drug-likeness (QED) is 0.664. The summed E-state index contributed by atoms with van der Waals surface area (Å²) < 4.78 is 1.13. The molecule has 0 aromatic heterocycles. The molecule has 2 nitrogen and oxygen atoms in total. The van der Waals surface area contributed by atoms with Crippen LogP contribution in [0, 0.1) is 13.8 Å². The van der Waals surface area contributed by atoms with E-state index in [9.17, 15) is 0 Å². The van der Waals surface area contributed by atoms with E-state index in [2.05, 4.69) is 77.7 Å². The van der Waals surface area contributed by atoms with Crippen LogP contribution in [0.5, 0.6) is 0 Å². The van der Waals surface area contributed by atoms with E-state index in [4.69, 9.17) is 5.84 Å². The van der Waals surface area contributed by atoms with Gasteiger partial charge >= 0.3 is 0 Å². The first kappa shape index (κ1) is 14.3. The SMILES string of the molecule is Cc1ccc(CC(NN)c2cccc(C)c2Br)cc1. The molecule has 2 aromatic rings. The van der Waals surface area contributed by atoms with Gasteiger partial charge in [-0.05, 0) is 37.0 Å². The number of nitrogens with two attached hydrogens (primary N) is 1. The maximum atomic E-state index is 5.73. The number of hydrogen-bond acceptors (Lipinski definition) is 2. The van der Waals surface area contributed by atoms with E-state index >= 15 is 0 Å². The zero-order valence-corrected chi connectivity index (χ0v) is 12.9. The highest BCUT2D eigenvalue weighted by Crippen LogP contribution is 2.28. The molecule has 0 fully saturated rings. The molecule has 2 aromatic carbocycles. The summed E-state index contributed by atoms with van der Waals surface area (Å²) in [6, 6.07) is 14.9. The number of hydrazine groups is 1.